The van der Waals surface area contributed by atoms with Crippen LogP contribution >= 0.6 is 0 Å². The minimum absolute atomic E-state index is 0.0404. The number of fused-ring (bicyclic) bond motifs is 1. The van der Waals surface area contributed by atoms with Crippen molar-refractivity contribution in [3.05, 3.63) is 64.7 Å². The van der Waals surface area contributed by atoms with E-state index in [0.29, 0.717) is 28.2 Å². The van der Waals surface area contributed by atoms with Crippen LogP contribution in [0.4, 0.5) is 0 Å². The van der Waals surface area contributed by atoms with Gasteiger partial charge in [0.1, 0.15) is 11.5 Å². The van der Waals surface area contributed by atoms with Crippen LogP contribution in [0.5, 0.6) is 11.5 Å². The molecule has 2 aromatic rings. The maximum absolute atomic E-state index is 12.6. The van der Waals surface area contributed by atoms with E-state index in [1.54, 1.807) is 36.4 Å². The lowest BCUT2D eigenvalue weighted by molar-refractivity contribution is 0.0990. The zero-order valence-corrected chi connectivity index (χ0v) is 15.4. The highest BCUT2D eigenvalue weighted by Gasteiger charge is 2.32. The van der Waals surface area contributed by atoms with Gasteiger partial charge in [-0.15, -0.1) is 0 Å². The van der Waals surface area contributed by atoms with Crippen molar-refractivity contribution in [2.45, 2.75) is 39.9 Å². The molecule has 0 heterocycles. The van der Waals surface area contributed by atoms with Crippen LogP contribution in [-0.4, -0.2) is 23.8 Å². The number of carbonyl (C=O) groups is 2. The van der Waals surface area contributed by atoms with Gasteiger partial charge in [-0.05, 0) is 45.9 Å². The van der Waals surface area contributed by atoms with E-state index in [9.17, 15) is 9.59 Å². The van der Waals surface area contributed by atoms with Crippen LogP contribution in [0.3, 0.4) is 0 Å². The van der Waals surface area contributed by atoms with Crippen LogP contribution in [0.1, 0.15) is 54.0 Å². The van der Waals surface area contributed by atoms with Gasteiger partial charge in [-0.2, -0.15) is 0 Å². The first kappa shape index (κ1) is 17.9. The second-order valence-electron chi connectivity index (χ2n) is 6.79. The Morgan fingerprint density at radius 2 is 1.38 bits per heavy atom. The van der Waals surface area contributed by atoms with Crippen molar-refractivity contribution in [3.63, 3.8) is 0 Å². The molecule has 0 spiro atoms. The van der Waals surface area contributed by atoms with E-state index in [0.717, 1.165) is 0 Å². The predicted octanol–water partition coefficient (Wildman–Crippen LogP) is 4.72. The Kier molecular flexibility index (Phi) is 4.94. The summed E-state index contributed by atoms with van der Waals surface area (Å²) in [5.74, 6) is 0.777. The molecule has 4 nitrogen and oxygen atoms in total. The van der Waals surface area contributed by atoms with Crippen molar-refractivity contribution in [1.82, 2.24) is 0 Å². The molecule has 0 saturated carbocycles. The highest BCUT2D eigenvalue weighted by molar-refractivity contribution is 6.41. The summed E-state index contributed by atoms with van der Waals surface area (Å²) in [5, 5.41) is 0. The lowest BCUT2D eigenvalue weighted by Gasteiger charge is -2.16. The molecule has 1 aliphatic carbocycles. The third-order valence-electron chi connectivity index (χ3n) is 3.92. The summed E-state index contributed by atoms with van der Waals surface area (Å²) in [5.41, 5.74) is 1.75. The van der Waals surface area contributed by atoms with Gasteiger partial charge < -0.3 is 9.47 Å². The summed E-state index contributed by atoms with van der Waals surface area (Å²) in [6, 6.07) is 12.3. The molecule has 0 saturated heterocycles. The quantitative estimate of drug-likeness (QED) is 0.578. The summed E-state index contributed by atoms with van der Waals surface area (Å²) in [7, 11) is 0. The minimum atomic E-state index is -0.247. The van der Waals surface area contributed by atoms with Crippen LogP contribution in [0.25, 0.3) is 6.08 Å². The van der Waals surface area contributed by atoms with Crippen molar-refractivity contribution >= 4 is 17.6 Å². The molecular weight excluding hydrogens is 328 g/mol. The van der Waals surface area contributed by atoms with Gasteiger partial charge in [-0.25, -0.2) is 0 Å². The van der Waals surface area contributed by atoms with Crippen molar-refractivity contribution in [2.24, 2.45) is 0 Å². The van der Waals surface area contributed by atoms with E-state index in [1.807, 2.05) is 39.8 Å². The number of ketones is 2. The maximum Gasteiger partial charge on any atom is 0.197 e. The molecule has 0 atom stereocenters. The van der Waals surface area contributed by atoms with Gasteiger partial charge in [0.05, 0.1) is 17.8 Å². The molecule has 134 valence electrons. The number of Topliss-reactive ketones (excluding diaryl/α,β-unsaturated/α-hetero) is 2. The maximum atomic E-state index is 12.6. The topological polar surface area (TPSA) is 52.6 Å². The molecule has 0 bridgehead atoms. The first-order chi connectivity index (χ1) is 12.4. The van der Waals surface area contributed by atoms with Crippen molar-refractivity contribution < 1.29 is 19.1 Å². The number of ether oxygens (including phenoxy) is 2. The highest BCUT2D eigenvalue weighted by Crippen LogP contribution is 2.32. The van der Waals surface area contributed by atoms with Crippen LogP contribution in [0.2, 0.25) is 0 Å². The third-order valence-corrected chi connectivity index (χ3v) is 3.92. The molecule has 0 amide bonds. The molecule has 3 rings (SSSR count). The van der Waals surface area contributed by atoms with Gasteiger partial charge in [0, 0.05) is 22.8 Å². The van der Waals surface area contributed by atoms with Crippen molar-refractivity contribution in [1.29, 1.82) is 0 Å². The van der Waals surface area contributed by atoms with Gasteiger partial charge >= 0.3 is 0 Å². The largest absolute Gasteiger partial charge is 0.491 e. The zero-order chi connectivity index (χ0) is 18.8. The Labute approximate surface area is 153 Å². The lowest BCUT2D eigenvalue weighted by Crippen LogP contribution is -2.09. The Bertz CT molecular complexity index is 854. The summed E-state index contributed by atoms with van der Waals surface area (Å²) < 4.78 is 11.6. The molecule has 2 aromatic carbocycles. The average Bonchev–Trinajstić information content (AvgIpc) is 2.81. The SMILES string of the molecule is CC(C)Oc1ccc(C=C2C(=O)c3ccccc3C2=O)c(OC(C)C)c1. The van der Waals surface area contributed by atoms with E-state index < -0.39 is 0 Å². The number of rotatable bonds is 5. The van der Waals surface area contributed by atoms with E-state index in [-0.39, 0.29) is 29.3 Å². The average molecular weight is 350 g/mol. The van der Waals surface area contributed by atoms with Crippen LogP contribution in [-0.2, 0) is 0 Å². The van der Waals surface area contributed by atoms with Crippen LogP contribution in [0.15, 0.2) is 48.0 Å². The standard InChI is InChI=1S/C22H22O4/c1-13(2)25-16-10-9-15(20(12-16)26-14(3)4)11-19-21(23)17-7-5-6-8-18(17)22(19)24/h5-14H,1-4H3. The minimum Gasteiger partial charge on any atom is -0.491 e. The van der Waals surface area contributed by atoms with Crippen LogP contribution in [0, 0.1) is 0 Å². The summed E-state index contributed by atoms with van der Waals surface area (Å²) in [6.07, 6.45) is 1.61. The molecule has 0 aliphatic heterocycles. The van der Waals surface area contributed by atoms with Crippen molar-refractivity contribution in [2.75, 3.05) is 0 Å². The van der Waals surface area contributed by atoms with E-state index in [2.05, 4.69) is 0 Å². The molecule has 0 radical (unpaired) electrons. The number of hydrogen-bond acceptors (Lipinski definition) is 4. The van der Waals surface area contributed by atoms with Gasteiger partial charge in [0.15, 0.2) is 11.6 Å². The Balaban J connectivity index is 2.02. The Morgan fingerprint density at radius 3 is 1.92 bits per heavy atom. The highest BCUT2D eigenvalue weighted by atomic mass is 16.5. The molecule has 0 aromatic heterocycles. The van der Waals surface area contributed by atoms with Gasteiger partial charge in [-0.1, -0.05) is 24.3 Å². The third kappa shape index (κ3) is 3.54. The number of benzene rings is 2. The molecule has 1 aliphatic rings. The molecule has 4 heteroatoms. The lowest BCUT2D eigenvalue weighted by atomic mass is 10.1. The van der Waals surface area contributed by atoms with Gasteiger partial charge in [0.2, 0.25) is 0 Å². The van der Waals surface area contributed by atoms with Gasteiger partial charge in [-0.3, -0.25) is 9.59 Å². The number of hydrogen-bond donors (Lipinski definition) is 0. The van der Waals surface area contributed by atoms with E-state index in [4.69, 9.17) is 9.47 Å². The second kappa shape index (κ2) is 7.16. The normalized spacial score (nSPS) is 13.4. The Morgan fingerprint density at radius 1 is 0.808 bits per heavy atom. The molecule has 26 heavy (non-hydrogen) atoms. The Hall–Kier alpha value is -2.88. The first-order valence-electron chi connectivity index (χ1n) is 8.74. The monoisotopic (exact) mass is 350 g/mol. The second-order valence-corrected chi connectivity index (χ2v) is 6.79. The fraction of sp³-hybridized carbons (Fsp3) is 0.273. The molecule has 0 fully saturated rings. The molecule has 0 N–H and O–H groups in total. The fourth-order valence-electron chi connectivity index (χ4n) is 2.89. The summed E-state index contributed by atoms with van der Waals surface area (Å²) in [4.78, 5) is 25.2. The summed E-state index contributed by atoms with van der Waals surface area (Å²) in [6.45, 7) is 7.75. The predicted molar refractivity (Wildman–Crippen MR) is 101 cm³/mol. The van der Waals surface area contributed by atoms with E-state index >= 15 is 0 Å². The van der Waals surface area contributed by atoms with Crippen molar-refractivity contribution in [3.8, 4) is 11.5 Å². The van der Waals surface area contributed by atoms with Gasteiger partial charge in [0.25, 0.3) is 0 Å². The molecular formula is C22H22O4. The number of carbonyl (C=O) groups excluding carboxylic acids is 2. The van der Waals surface area contributed by atoms with Crippen LogP contribution < -0.4 is 9.47 Å². The van der Waals surface area contributed by atoms with E-state index in [1.165, 1.54) is 0 Å². The smallest absolute Gasteiger partial charge is 0.197 e. The first-order valence-corrected chi connectivity index (χ1v) is 8.74. The summed E-state index contributed by atoms with van der Waals surface area (Å²) >= 11 is 0. The number of allylic oxidation sites excluding steroid dienone is 1. The zero-order valence-electron chi connectivity index (χ0n) is 15.4. The molecule has 0 unspecified atom stereocenters. The fourth-order valence-corrected chi connectivity index (χ4v) is 2.89.